The summed E-state index contributed by atoms with van der Waals surface area (Å²) in [5.74, 6) is 0.646. The fourth-order valence-electron chi connectivity index (χ4n) is 2.15. The first-order valence-corrected chi connectivity index (χ1v) is 7.61. The second kappa shape index (κ2) is 8.47. The van der Waals surface area contributed by atoms with E-state index in [0.717, 1.165) is 32.7 Å². The number of carbonyl (C=O) groups is 1. The Morgan fingerprint density at radius 3 is 2.80 bits per heavy atom. The summed E-state index contributed by atoms with van der Waals surface area (Å²) in [6, 6.07) is 0. The highest BCUT2D eigenvalue weighted by Gasteiger charge is 2.19. The number of amides is 1. The molecule has 0 bridgehead atoms. The SMILES string of the molecule is CN(CCCNCC1CCCOC1)C(=O)OC(C)(C)C. The lowest BCUT2D eigenvalue weighted by Crippen LogP contribution is -2.36. The van der Waals surface area contributed by atoms with Gasteiger partial charge in [-0.15, -0.1) is 0 Å². The van der Waals surface area contributed by atoms with Crippen molar-refractivity contribution < 1.29 is 14.3 Å². The van der Waals surface area contributed by atoms with Crippen LogP contribution in [0.3, 0.4) is 0 Å². The van der Waals surface area contributed by atoms with Crippen LogP contribution >= 0.6 is 0 Å². The molecular weight excluding hydrogens is 256 g/mol. The molecule has 0 radical (unpaired) electrons. The first-order valence-electron chi connectivity index (χ1n) is 7.61. The van der Waals surface area contributed by atoms with E-state index in [1.807, 2.05) is 20.8 Å². The second-order valence-corrected chi connectivity index (χ2v) is 6.54. The minimum Gasteiger partial charge on any atom is -0.444 e. The number of rotatable bonds is 6. The fourth-order valence-corrected chi connectivity index (χ4v) is 2.15. The van der Waals surface area contributed by atoms with Crippen molar-refractivity contribution in [2.45, 2.75) is 45.6 Å². The summed E-state index contributed by atoms with van der Waals surface area (Å²) in [7, 11) is 1.78. The zero-order chi connectivity index (χ0) is 15.0. The number of ether oxygens (including phenoxy) is 2. The van der Waals surface area contributed by atoms with E-state index in [0.29, 0.717) is 12.5 Å². The van der Waals surface area contributed by atoms with Crippen molar-refractivity contribution in [2.75, 3.05) is 39.9 Å². The van der Waals surface area contributed by atoms with Gasteiger partial charge >= 0.3 is 6.09 Å². The third-order valence-electron chi connectivity index (χ3n) is 3.24. The van der Waals surface area contributed by atoms with Gasteiger partial charge in [-0.25, -0.2) is 4.79 Å². The van der Waals surface area contributed by atoms with E-state index in [2.05, 4.69) is 5.32 Å². The van der Waals surface area contributed by atoms with E-state index in [-0.39, 0.29) is 6.09 Å². The topological polar surface area (TPSA) is 50.8 Å². The molecule has 1 amide bonds. The van der Waals surface area contributed by atoms with E-state index in [1.54, 1.807) is 11.9 Å². The average molecular weight is 286 g/mol. The standard InChI is InChI=1S/C15H30N2O3/c1-15(2,3)20-14(18)17(4)9-6-8-16-11-13-7-5-10-19-12-13/h13,16H,5-12H2,1-4H3. The van der Waals surface area contributed by atoms with Gasteiger partial charge in [0.25, 0.3) is 0 Å². The zero-order valence-electron chi connectivity index (χ0n) is 13.4. The molecule has 1 fully saturated rings. The Balaban J connectivity index is 2.03. The van der Waals surface area contributed by atoms with Crippen LogP contribution in [0.4, 0.5) is 4.79 Å². The monoisotopic (exact) mass is 286 g/mol. The Hall–Kier alpha value is -0.810. The van der Waals surface area contributed by atoms with Crippen LogP contribution in [0.2, 0.25) is 0 Å². The van der Waals surface area contributed by atoms with E-state index in [9.17, 15) is 4.79 Å². The van der Waals surface area contributed by atoms with Crippen molar-refractivity contribution in [3.63, 3.8) is 0 Å². The van der Waals surface area contributed by atoms with Crippen molar-refractivity contribution in [3.8, 4) is 0 Å². The summed E-state index contributed by atoms with van der Waals surface area (Å²) in [6.45, 7) is 10.1. The highest BCUT2D eigenvalue weighted by Crippen LogP contribution is 2.12. The molecule has 1 aliphatic heterocycles. The van der Waals surface area contributed by atoms with Gasteiger partial charge in [-0.05, 0) is 52.5 Å². The minimum atomic E-state index is -0.426. The Morgan fingerprint density at radius 2 is 2.20 bits per heavy atom. The van der Waals surface area contributed by atoms with Crippen LogP contribution in [0.5, 0.6) is 0 Å². The molecule has 5 heteroatoms. The lowest BCUT2D eigenvalue weighted by molar-refractivity contribution is 0.0296. The lowest BCUT2D eigenvalue weighted by Gasteiger charge is -2.25. The molecule has 1 heterocycles. The number of carbonyl (C=O) groups excluding carboxylic acids is 1. The summed E-state index contributed by atoms with van der Waals surface area (Å²) in [5, 5.41) is 3.44. The molecule has 1 unspecified atom stereocenters. The van der Waals surface area contributed by atoms with Gasteiger partial charge in [-0.1, -0.05) is 0 Å². The number of nitrogens with one attached hydrogen (secondary N) is 1. The maximum absolute atomic E-state index is 11.7. The molecule has 1 saturated heterocycles. The van der Waals surface area contributed by atoms with Gasteiger partial charge in [-0.2, -0.15) is 0 Å². The Bertz CT molecular complexity index is 283. The molecule has 0 aromatic rings. The van der Waals surface area contributed by atoms with Crippen LogP contribution in [0.1, 0.15) is 40.0 Å². The molecule has 0 aromatic heterocycles. The number of hydrogen-bond acceptors (Lipinski definition) is 4. The van der Waals surface area contributed by atoms with E-state index in [1.165, 1.54) is 12.8 Å². The van der Waals surface area contributed by atoms with Gasteiger partial charge in [0.2, 0.25) is 0 Å². The summed E-state index contributed by atoms with van der Waals surface area (Å²) >= 11 is 0. The molecule has 5 nitrogen and oxygen atoms in total. The molecule has 0 saturated carbocycles. The Morgan fingerprint density at radius 1 is 1.45 bits per heavy atom. The van der Waals surface area contributed by atoms with Gasteiger partial charge < -0.3 is 19.7 Å². The first kappa shape index (κ1) is 17.2. The molecule has 20 heavy (non-hydrogen) atoms. The normalized spacial score (nSPS) is 19.7. The number of hydrogen-bond donors (Lipinski definition) is 1. The molecule has 1 aliphatic rings. The highest BCUT2D eigenvalue weighted by molar-refractivity contribution is 5.67. The molecule has 118 valence electrons. The highest BCUT2D eigenvalue weighted by atomic mass is 16.6. The molecular formula is C15H30N2O3. The largest absolute Gasteiger partial charge is 0.444 e. The molecule has 0 aromatic carbocycles. The van der Waals surface area contributed by atoms with Crippen molar-refractivity contribution in [1.82, 2.24) is 10.2 Å². The Labute approximate surface area is 123 Å². The quantitative estimate of drug-likeness (QED) is 0.761. The van der Waals surface area contributed by atoms with Crippen LogP contribution in [0.25, 0.3) is 0 Å². The zero-order valence-corrected chi connectivity index (χ0v) is 13.4. The van der Waals surface area contributed by atoms with Crippen molar-refractivity contribution in [2.24, 2.45) is 5.92 Å². The van der Waals surface area contributed by atoms with Gasteiger partial charge in [0.1, 0.15) is 5.60 Å². The molecule has 1 N–H and O–H groups in total. The second-order valence-electron chi connectivity index (χ2n) is 6.54. The third kappa shape index (κ3) is 7.70. The minimum absolute atomic E-state index is 0.252. The molecule has 0 spiro atoms. The van der Waals surface area contributed by atoms with Crippen molar-refractivity contribution in [3.05, 3.63) is 0 Å². The number of nitrogens with zero attached hydrogens (tertiary/aromatic N) is 1. The van der Waals surface area contributed by atoms with Crippen LogP contribution < -0.4 is 5.32 Å². The fraction of sp³-hybridized carbons (Fsp3) is 0.933. The predicted molar refractivity (Wildman–Crippen MR) is 79.9 cm³/mol. The van der Waals surface area contributed by atoms with Crippen LogP contribution in [-0.2, 0) is 9.47 Å². The van der Waals surface area contributed by atoms with Crippen molar-refractivity contribution in [1.29, 1.82) is 0 Å². The molecule has 0 aliphatic carbocycles. The predicted octanol–water partition coefficient (Wildman–Crippen LogP) is 2.26. The van der Waals surface area contributed by atoms with E-state index < -0.39 is 5.60 Å². The van der Waals surface area contributed by atoms with E-state index >= 15 is 0 Å². The molecule has 1 atom stereocenters. The third-order valence-corrected chi connectivity index (χ3v) is 3.24. The average Bonchev–Trinajstić information content (AvgIpc) is 2.37. The first-order chi connectivity index (χ1) is 9.38. The van der Waals surface area contributed by atoms with Gasteiger partial charge in [0.15, 0.2) is 0 Å². The maximum Gasteiger partial charge on any atom is 0.410 e. The van der Waals surface area contributed by atoms with Crippen LogP contribution in [0.15, 0.2) is 0 Å². The van der Waals surface area contributed by atoms with Gasteiger partial charge in [0.05, 0.1) is 6.61 Å². The summed E-state index contributed by atoms with van der Waals surface area (Å²) in [5.41, 5.74) is -0.426. The Kier molecular flexibility index (Phi) is 7.30. The van der Waals surface area contributed by atoms with Gasteiger partial charge in [-0.3, -0.25) is 0 Å². The van der Waals surface area contributed by atoms with E-state index in [4.69, 9.17) is 9.47 Å². The van der Waals surface area contributed by atoms with Crippen LogP contribution in [-0.4, -0.2) is 56.5 Å². The van der Waals surface area contributed by atoms with Crippen molar-refractivity contribution >= 4 is 6.09 Å². The summed E-state index contributed by atoms with van der Waals surface area (Å²) in [4.78, 5) is 13.4. The lowest BCUT2D eigenvalue weighted by atomic mass is 10.0. The summed E-state index contributed by atoms with van der Waals surface area (Å²) < 4.78 is 10.7. The maximum atomic E-state index is 11.7. The smallest absolute Gasteiger partial charge is 0.410 e. The molecule has 1 rings (SSSR count). The van der Waals surface area contributed by atoms with Crippen LogP contribution in [0, 0.1) is 5.92 Å². The van der Waals surface area contributed by atoms with Gasteiger partial charge in [0, 0.05) is 26.7 Å². The summed E-state index contributed by atoms with van der Waals surface area (Å²) in [6.07, 6.45) is 3.11.